The van der Waals surface area contributed by atoms with Crippen molar-refractivity contribution in [2.75, 3.05) is 31.1 Å². The van der Waals surface area contributed by atoms with Gasteiger partial charge in [0.2, 0.25) is 11.8 Å². The van der Waals surface area contributed by atoms with Crippen molar-refractivity contribution in [2.24, 2.45) is 0 Å². The maximum absolute atomic E-state index is 12.5. The van der Waals surface area contributed by atoms with E-state index in [0.717, 1.165) is 16.8 Å². The molecule has 1 fully saturated rings. The Morgan fingerprint density at radius 2 is 1.89 bits per heavy atom. The third-order valence-electron chi connectivity index (χ3n) is 4.71. The van der Waals surface area contributed by atoms with E-state index in [1.807, 2.05) is 32.0 Å². The number of likely N-dealkylation sites (tertiary alicyclic amines) is 1. The largest absolute Gasteiger partial charge is 0.450 e. The van der Waals surface area contributed by atoms with Crippen molar-refractivity contribution < 1.29 is 19.1 Å². The topological polar surface area (TPSA) is 79.0 Å². The molecule has 1 aromatic rings. The van der Waals surface area contributed by atoms with E-state index >= 15 is 0 Å². The average Bonchev–Trinajstić information content (AvgIpc) is 2.61. The van der Waals surface area contributed by atoms with Crippen LogP contribution in [-0.2, 0) is 14.3 Å². The third kappa shape index (κ3) is 5.70. The highest BCUT2D eigenvalue weighted by atomic mass is 16.6. The molecule has 1 aliphatic heterocycles. The Bertz CT molecular complexity index is 696. The average molecular weight is 375 g/mol. The number of nitrogens with zero attached hydrogens (tertiary/aromatic N) is 2. The van der Waals surface area contributed by atoms with Crippen LogP contribution < -0.4 is 10.2 Å². The first kappa shape index (κ1) is 20.7. The second-order valence-corrected chi connectivity index (χ2v) is 6.92. The van der Waals surface area contributed by atoms with Crippen molar-refractivity contribution in [2.45, 2.75) is 46.6 Å². The summed E-state index contributed by atoms with van der Waals surface area (Å²) in [7, 11) is 0. The van der Waals surface area contributed by atoms with E-state index in [1.165, 1.54) is 11.8 Å². The second-order valence-electron chi connectivity index (χ2n) is 6.92. The lowest BCUT2D eigenvalue weighted by atomic mass is 10.1. The number of anilines is 1. The van der Waals surface area contributed by atoms with E-state index in [2.05, 4.69) is 5.32 Å². The Morgan fingerprint density at radius 3 is 2.44 bits per heavy atom. The summed E-state index contributed by atoms with van der Waals surface area (Å²) in [4.78, 5) is 39.4. The van der Waals surface area contributed by atoms with Gasteiger partial charge in [-0.25, -0.2) is 4.79 Å². The first-order valence-electron chi connectivity index (χ1n) is 9.38. The second kappa shape index (κ2) is 9.39. The molecule has 0 unspecified atom stereocenters. The van der Waals surface area contributed by atoms with Gasteiger partial charge in [-0.05, 0) is 45.2 Å². The molecule has 0 aromatic heterocycles. The van der Waals surface area contributed by atoms with Crippen LogP contribution in [0, 0.1) is 13.8 Å². The molecule has 0 aliphatic carbocycles. The fraction of sp³-hybridized carbons (Fsp3) is 0.550. The first-order valence-corrected chi connectivity index (χ1v) is 9.38. The monoisotopic (exact) mass is 375 g/mol. The summed E-state index contributed by atoms with van der Waals surface area (Å²) in [5.74, 6) is -0.367. The summed E-state index contributed by atoms with van der Waals surface area (Å²) < 4.78 is 5.00. The molecule has 0 bridgehead atoms. The fourth-order valence-electron chi connectivity index (χ4n) is 3.31. The molecule has 27 heavy (non-hydrogen) atoms. The number of amides is 3. The molecule has 0 saturated carbocycles. The molecule has 0 atom stereocenters. The van der Waals surface area contributed by atoms with Crippen molar-refractivity contribution in [1.82, 2.24) is 10.2 Å². The molecule has 1 saturated heterocycles. The molecular weight excluding hydrogens is 346 g/mol. The number of piperidine rings is 1. The van der Waals surface area contributed by atoms with Gasteiger partial charge in [0.1, 0.15) is 6.54 Å². The number of aryl methyl sites for hydroxylation is 2. The highest BCUT2D eigenvalue weighted by Crippen LogP contribution is 2.21. The van der Waals surface area contributed by atoms with Gasteiger partial charge in [0.05, 0.1) is 6.61 Å². The van der Waals surface area contributed by atoms with Crippen molar-refractivity contribution in [3.05, 3.63) is 29.3 Å². The van der Waals surface area contributed by atoms with E-state index in [1.54, 1.807) is 11.8 Å². The van der Waals surface area contributed by atoms with Crippen molar-refractivity contribution >= 4 is 23.6 Å². The highest BCUT2D eigenvalue weighted by molar-refractivity contribution is 5.98. The van der Waals surface area contributed by atoms with Crippen LogP contribution in [0.3, 0.4) is 0 Å². The molecule has 2 rings (SSSR count). The minimum absolute atomic E-state index is 0.00361. The van der Waals surface area contributed by atoms with Gasteiger partial charge in [0, 0.05) is 31.7 Å². The van der Waals surface area contributed by atoms with Gasteiger partial charge < -0.3 is 19.9 Å². The zero-order valence-electron chi connectivity index (χ0n) is 16.6. The van der Waals surface area contributed by atoms with E-state index in [9.17, 15) is 14.4 Å². The lowest BCUT2D eigenvalue weighted by Gasteiger charge is -2.32. The van der Waals surface area contributed by atoms with E-state index in [4.69, 9.17) is 4.74 Å². The van der Waals surface area contributed by atoms with Crippen LogP contribution in [0.15, 0.2) is 18.2 Å². The Morgan fingerprint density at radius 1 is 1.22 bits per heavy atom. The number of hydrogen-bond donors (Lipinski definition) is 1. The lowest BCUT2D eigenvalue weighted by molar-refractivity contribution is -0.123. The summed E-state index contributed by atoms with van der Waals surface area (Å²) >= 11 is 0. The minimum Gasteiger partial charge on any atom is -0.450 e. The summed E-state index contributed by atoms with van der Waals surface area (Å²) in [5, 5.41) is 2.98. The van der Waals surface area contributed by atoms with Crippen LogP contribution in [0.5, 0.6) is 0 Å². The zero-order chi connectivity index (χ0) is 20.0. The number of nitrogens with one attached hydrogen (secondary N) is 1. The Kier molecular flexibility index (Phi) is 7.21. The van der Waals surface area contributed by atoms with Gasteiger partial charge in [-0.3, -0.25) is 9.59 Å². The summed E-state index contributed by atoms with van der Waals surface area (Å²) in [6.45, 7) is 8.61. The van der Waals surface area contributed by atoms with Crippen LogP contribution in [0.25, 0.3) is 0 Å². The number of rotatable bonds is 5. The number of carbonyl (C=O) groups excluding carboxylic acids is 3. The van der Waals surface area contributed by atoms with Gasteiger partial charge in [0.15, 0.2) is 0 Å². The van der Waals surface area contributed by atoms with Crippen LogP contribution in [-0.4, -0.2) is 55.1 Å². The first-order chi connectivity index (χ1) is 12.8. The number of ether oxygens (including phenoxy) is 1. The number of hydrogen-bond acceptors (Lipinski definition) is 4. The smallest absolute Gasteiger partial charge is 0.409 e. The molecule has 1 heterocycles. The molecular formula is C20H29N3O4. The van der Waals surface area contributed by atoms with Crippen LogP contribution in [0.4, 0.5) is 10.5 Å². The van der Waals surface area contributed by atoms with Crippen molar-refractivity contribution in [3.8, 4) is 0 Å². The van der Waals surface area contributed by atoms with E-state index < -0.39 is 0 Å². The molecule has 3 amide bonds. The molecule has 0 radical (unpaired) electrons. The fourth-order valence-corrected chi connectivity index (χ4v) is 3.31. The summed E-state index contributed by atoms with van der Waals surface area (Å²) in [5.41, 5.74) is 2.82. The van der Waals surface area contributed by atoms with Gasteiger partial charge in [0.25, 0.3) is 0 Å². The summed E-state index contributed by atoms with van der Waals surface area (Å²) in [6.07, 6.45) is 1.04. The Balaban J connectivity index is 1.92. The molecule has 1 aromatic carbocycles. The Labute approximate surface area is 160 Å². The minimum atomic E-state index is -0.306. The molecule has 7 heteroatoms. The van der Waals surface area contributed by atoms with Gasteiger partial charge in [-0.15, -0.1) is 0 Å². The Hall–Kier alpha value is -2.57. The van der Waals surface area contributed by atoms with Crippen molar-refractivity contribution in [1.29, 1.82) is 0 Å². The third-order valence-corrected chi connectivity index (χ3v) is 4.71. The maximum Gasteiger partial charge on any atom is 0.409 e. The SMILES string of the molecule is CCOC(=O)N1CCC(NC(=O)CN(C(C)=O)c2ccc(C)cc2C)CC1. The maximum atomic E-state index is 12.5. The van der Waals surface area contributed by atoms with Gasteiger partial charge >= 0.3 is 6.09 Å². The normalized spacial score (nSPS) is 14.6. The molecule has 1 aliphatic rings. The van der Waals surface area contributed by atoms with Crippen LogP contribution in [0.1, 0.15) is 37.8 Å². The highest BCUT2D eigenvalue weighted by Gasteiger charge is 2.25. The van der Waals surface area contributed by atoms with Crippen LogP contribution >= 0.6 is 0 Å². The number of benzene rings is 1. The summed E-state index contributed by atoms with van der Waals surface area (Å²) in [6, 6.07) is 5.79. The zero-order valence-corrected chi connectivity index (χ0v) is 16.6. The van der Waals surface area contributed by atoms with Crippen molar-refractivity contribution in [3.63, 3.8) is 0 Å². The molecule has 7 nitrogen and oxygen atoms in total. The van der Waals surface area contributed by atoms with Gasteiger partial charge in [-0.2, -0.15) is 0 Å². The molecule has 0 spiro atoms. The molecule has 148 valence electrons. The van der Waals surface area contributed by atoms with E-state index in [-0.39, 0.29) is 30.5 Å². The molecule has 1 N–H and O–H groups in total. The predicted octanol–water partition coefficient (Wildman–Crippen LogP) is 2.39. The van der Waals surface area contributed by atoms with E-state index in [0.29, 0.717) is 32.5 Å². The predicted molar refractivity (Wildman–Crippen MR) is 104 cm³/mol. The standard InChI is InChI=1S/C20H29N3O4/c1-5-27-20(26)22-10-8-17(9-11-22)21-19(25)13-23(16(4)24)18-7-6-14(2)12-15(18)3/h6-7,12,17H,5,8-11,13H2,1-4H3,(H,21,25). The van der Waals surface area contributed by atoms with Gasteiger partial charge in [-0.1, -0.05) is 17.7 Å². The lowest BCUT2D eigenvalue weighted by Crippen LogP contribution is -2.49. The van der Waals surface area contributed by atoms with Crippen LogP contribution in [0.2, 0.25) is 0 Å². The quantitative estimate of drug-likeness (QED) is 0.857. The number of carbonyl (C=O) groups is 3.